The molecular weight excluding hydrogens is 229 g/mol. The van der Waals surface area contributed by atoms with Crippen molar-refractivity contribution >= 4 is 26.1 Å². The number of carbonyl (C=O) groups excluding carboxylic acids is 1. The van der Waals surface area contributed by atoms with Gasteiger partial charge in [0.2, 0.25) is 0 Å². The summed E-state index contributed by atoms with van der Waals surface area (Å²) in [5, 5.41) is 0. The molecule has 0 fully saturated rings. The van der Waals surface area contributed by atoms with Crippen LogP contribution in [0.25, 0.3) is 0 Å². The molecule has 0 spiro atoms. The molecule has 0 unspecified atom stereocenters. The zero-order valence-corrected chi connectivity index (χ0v) is 9.74. The van der Waals surface area contributed by atoms with Gasteiger partial charge < -0.3 is 4.79 Å². The standard InChI is InChI=1S/C3H8OSi.CHF3O3S/c1-3(4)2-5;2-1(3,4)8(5,6)7/h2H2,1,5H3;(H,5,6,7). The molecule has 0 saturated heterocycles. The van der Waals surface area contributed by atoms with E-state index in [0.717, 1.165) is 16.3 Å². The minimum absolute atomic E-state index is 0.316. The second-order valence-corrected chi connectivity index (χ2v) is 4.10. The normalized spacial score (nSPS) is 11.8. The van der Waals surface area contributed by atoms with Gasteiger partial charge in [0, 0.05) is 10.2 Å². The molecule has 1 N–H and O–H groups in total. The van der Waals surface area contributed by atoms with Gasteiger partial charge >= 0.3 is 15.6 Å². The first-order valence-electron chi connectivity index (χ1n) is 3.05. The van der Waals surface area contributed by atoms with Crippen LogP contribution in [0.4, 0.5) is 13.2 Å². The summed E-state index contributed by atoms with van der Waals surface area (Å²) in [5.41, 5.74) is -5.53. The van der Waals surface area contributed by atoms with Crippen LogP contribution in [-0.4, -0.2) is 34.5 Å². The zero-order chi connectivity index (χ0) is 11.3. The van der Waals surface area contributed by atoms with Gasteiger partial charge in [-0.15, -0.1) is 0 Å². The number of halogens is 3. The van der Waals surface area contributed by atoms with Crippen LogP contribution in [0.1, 0.15) is 6.92 Å². The monoisotopic (exact) mass is 238 g/mol. The first-order chi connectivity index (χ1) is 5.52. The number of rotatable bonds is 1. The van der Waals surface area contributed by atoms with Crippen molar-refractivity contribution in [1.82, 2.24) is 0 Å². The Balaban J connectivity index is 0. The molecule has 0 aromatic rings. The Kier molecular flexibility index (Phi) is 6.20. The van der Waals surface area contributed by atoms with Crippen molar-refractivity contribution in [1.29, 1.82) is 0 Å². The highest BCUT2D eigenvalue weighted by Crippen LogP contribution is 2.20. The molecule has 9 heteroatoms. The minimum atomic E-state index is -5.84. The summed E-state index contributed by atoms with van der Waals surface area (Å²) in [6, 6.07) is 0.806. The third-order valence-corrected chi connectivity index (χ3v) is 2.37. The number of carbonyl (C=O) groups is 1. The smallest absolute Gasteiger partial charge is 0.300 e. The highest BCUT2D eigenvalue weighted by Gasteiger charge is 2.44. The molecule has 0 aliphatic carbocycles. The molecule has 0 aliphatic heterocycles. The summed E-state index contributed by atoms with van der Waals surface area (Å²) >= 11 is 0. The van der Waals surface area contributed by atoms with E-state index >= 15 is 0 Å². The maximum Gasteiger partial charge on any atom is 0.522 e. The molecule has 0 aromatic heterocycles. The van der Waals surface area contributed by atoms with E-state index in [9.17, 15) is 18.0 Å². The summed E-state index contributed by atoms with van der Waals surface area (Å²) in [5.74, 6) is 0.316. The first-order valence-corrected chi connectivity index (χ1v) is 5.91. The highest BCUT2D eigenvalue weighted by molar-refractivity contribution is 7.86. The van der Waals surface area contributed by atoms with Crippen LogP contribution in [0, 0.1) is 0 Å². The molecule has 0 aliphatic rings. The number of hydrogen-bond acceptors (Lipinski definition) is 3. The second-order valence-electron chi connectivity index (χ2n) is 1.98. The van der Waals surface area contributed by atoms with E-state index < -0.39 is 15.6 Å². The SMILES string of the molecule is CC(=O)C[SiH3].O=S(=O)(O)C(F)(F)F. The summed E-state index contributed by atoms with van der Waals surface area (Å²) in [6.45, 7) is 1.62. The molecule has 0 amide bonds. The molecule has 80 valence electrons. The summed E-state index contributed by atoms with van der Waals surface area (Å²) in [7, 11) is -4.82. The fourth-order valence-electron chi connectivity index (χ4n) is 0. The van der Waals surface area contributed by atoms with Gasteiger partial charge in [0.15, 0.2) is 0 Å². The van der Waals surface area contributed by atoms with Gasteiger partial charge in [-0.05, 0) is 13.0 Å². The van der Waals surface area contributed by atoms with Crippen LogP contribution >= 0.6 is 0 Å². The molecule has 0 atom stereocenters. The van der Waals surface area contributed by atoms with Gasteiger partial charge in [-0.2, -0.15) is 21.6 Å². The fraction of sp³-hybridized carbons (Fsp3) is 0.750. The van der Waals surface area contributed by atoms with E-state index in [4.69, 9.17) is 13.0 Å². The molecule has 13 heavy (non-hydrogen) atoms. The van der Waals surface area contributed by atoms with E-state index in [1.165, 1.54) is 0 Å². The topological polar surface area (TPSA) is 71.4 Å². The van der Waals surface area contributed by atoms with Gasteiger partial charge in [-0.3, -0.25) is 4.55 Å². The molecule has 0 radical (unpaired) electrons. The lowest BCUT2D eigenvalue weighted by Crippen LogP contribution is -2.21. The Labute approximate surface area is 76.3 Å². The number of ketones is 1. The Bertz CT molecular complexity index is 257. The van der Waals surface area contributed by atoms with Crippen molar-refractivity contribution < 1.29 is 30.9 Å². The number of hydrogen-bond donors (Lipinski definition) is 1. The van der Waals surface area contributed by atoms with Crippen molar-refractivity contribution in [3.05, 3.63) is 0 Å². The maximum absolute atomic E-state index is 10.7. The van der Waals surface area contributed by atoms with Crippen molar-refractivity contribution in [3.63, 3.8) is 0 Å². The largest absolute Gasteiger partial charge is 0.522 e. The van der Waals surface area contributed by atoms with E-state index in [1.54, 1.807) is 6.92 Å². The number of alkyl halides is 3. The van der Waals surface area contributed by atoms with E-state index in [1.807, 2.05) is 0 Å². The summed E-state index contributed by atoms with van der Waals surface area (Å²) in [4.78, 5) is 9.85. The highest BCUT2D eigenvalue weighted by atomic mass is 32.2. The van der Waals surface area contributed by atoms with Crippen LogP contribution in [0.5, 0.6) is 0 Å². The molecule has 4 nitrogen and oxygen atoms in total. The zero-order valence-electron chi connectivity index (χ0n) is 6.92. The first kappa shape index (κ1) is 15.1. The molecule has 0 heterocycles. The quantitative estimate of drug-likeness (QED) is 0.388. The van der Waals surface area contributed by atoms with E-state index in [-0.39, 0.29) is 0 Å². The van der Waals surface area contributed by atoms with Crippen molar-refractivity contribution in [2.45, 2.75) is 18.5 Å². The van der Waals surface area contributed by atoms with Gasteiger partial charge in [0.05, 0.1) is 0 Å². The Morgan fingerprint density at radius 3 is 1.62 bits per heavy atom. The van der Waals surface area contributed by atoms with Gasteiger partial charge in [0.1, 0.15) is 5.78 Å². The predicted octanol–water partition coefficient (Wildman–Crippen LogP) is -0.247. The molecule has 0 saturated carbocycles. The van der Waals surface area contributed by atoms with Crippen molar-refractivity contribution in [3.8, 4) is 0 Å². The summed E-state index contributed by atoms with van der Waals surface area (Å²) in [6.07, 6.45) is 0. The molecule has 0 rings (SSSR count). The van der Waals surface area contributed by atoms with Crippen LogP contribution in [0.2, 0.25) is 6.04 Å². The van der Waals surface area contributed by atoms with Crippen LogP contribution in [0.15, 0.2) is 0 Å². The average molecular weight is 238 g/mol. The number of Topliss-reactive ketones (excluding diaryl/α,β-unsaturated/α-hetero) is 1. The van der Waals surface area contributed by atoms with Gasteiger partial charge in [0.25, 0.3) is 0 Å². The van der Waals surface area contributed by atoms with Gasteiger partial charge in [-0.1, -0.05) is 0 Å². The lowest BCUT2D eigenvalue weighted by atomic mass is 10.5. The van der Waals surface area contributed by atoms with Crippen LogP contribution in [0.3, 0.4) is 0 Å². The summed E-state index contributed by atoms with van der Waals surface area (Å²) < 4.78 is 57.5. The lowest BCUT2D eigenvalue weighted by molar-refractivity contribution is -0.114. The average Bonchev–Trinajstić information content (AvgIpc) is 1.84. The Morgan fingerprint density at radius 1 is 1.46 bits per heavy atom. The van der Waals surface area contributed by atoms with Crippen molar-refractivity contribution in [2.75, 3.05) is 0 Å². The van der Waals surface area contributed by atoms with Crippen molar-refractivity contribution in [2.24, 2.45) is 0 Å². The van der Waals surface area contributed by atoms with Crippen LogP contribution < -0.4 is 0 Å². The third-order valence-electron chi connectivity index (χ3n) is 0.790. The Hall–Kier alpha value is -0.413. The Morgan fingerprint density at radius 2 is 1.62 bits per heavy atom. The van der Waals surface area contributed by atoms with Crippen LogP contribution in [-0.2, 0) is 14.9 Å². The molecule has 0 aromatic carbocycles. The fourth-order valence-corrected chi connectivity index (χ4v) is 0. The van der Waals surface area contributed by atoms with E-state index in [0.29, 0.717) is 5.78 Å². The van der Waals surface area contributed by atoms with E-state index in [2.05, 4.69) is 0 Å². The second kappa shape index (κ2) is 5.35. The van der Waals surface area contributed by atoms with Gasteiger partial charge in [-0.25, -0.2) is 0 Å². The minimum Gasteiger partial charge on any atom is -0.300 e. The predicted molar refractivity (Wildman–Crippen MR) is 43.0 cm³/mol. The molecular formula is C4H9F3O4SSi. The lowest BCUT2D eigenvalue weighted by Gasteiger charge is -1.97. The molecule has 0 bridgehead atoms. The third kappa shape index (κ3) is 9.50. The maximum atomic E-state index is 10.7.